The molecule has 1 saturated heterocycles. The first kappa shape index (κ1) is 17.1. The molecule has 6 nitrogen and oxygen atoms in total. The van der Waals surface area contributed by atoms with Crippen molar-refractivity contribution in [1.82, 2.24) is 20.1 Å². The Labute approximate surface area is 156 Å². The van der Waals surface area contributed by atoms with E-state index in [4.69, 9.17) is 4.42 Å². The number of oxazole rings is 1. The van der Waals surface area contributed by atoms with Crippen molar-refractivity contribution in [3.8, 4) is 0 Å². The predicted octanol–water partition coefficient (Wildman–Crippen LogP) is 3.23. The number of piperazine rings is 1. The molecule has 7 heteroatoms. The van der Waals surface area contributed by atoms with Gasteiger partial charge in [0.05, 0.1) is 6.54 Å². The minimum atomic E-state index is -0.0558. The Balaban J connectivity index is 1.28. The van der Waals surface area contributed by atoms with Gasteiger partial charge in [-0.1, -0.05) is 18.2 Å². The van der Waals surface area contributed by atoms with Crippen LogP contribution < -0.4 is 5.32 Å². The number of rotatable bonds is 4. The highest BCUT2D eigenvalue weighted by Crippen LogP contribution is 2.19. The van der Waals surface area contributed by atoms with Gasteiger partial charge in [0.1, 0.15) is 5.52 Å². The lowest BCUT2D eigenvalue weighted by Crippen LogP contribution is -2.51. The van der Waals surface area contributed by atoms with E-state index in [1.807, 2.05) is 30.0 Å². The number of benzene rings is 1. The van der Waals surface area contributed by atoms with Crippen LogP contribution in [-0.2, 0) is 13.1 Å². The molecule has 0 aliphatic carbocycles. The molecule has 0 saturated carbocycles. The molecule has 0 unspecified atom stereocenters. The number of aromatic nitrogens is 1. The third-order valence-electron chi connectivity index (χ3n) is 4.67. The summed E-state index contributed by atoms with van der Waals surface area (Å²) in [5.74, 6) is 0.541. The minimum Gasteiger partial charge on any atom is -0.439 e. The largest absolute Gasteiger partial charge is 0.439 e. The number of thiophene rings is 1. The topological polar surface area (TPSA) is 61.6 Å². The van der Waals surface area contributed by atoms with Gasteiger partial charge in [0.2, 0.25) is 5.89 Å². The number of aryl methyl sites for hydroxylation is 1. The molecule has 1 fully saturated rings. The van der Waals surface area contributed by atoms with Gasteiger partial charge in [-0.3, -0.25) is 4.90 Å². The van der Waals surface area contributed by atoms with Crippen LogP contribution in [0, 0.1) is 6.92 Å². The van der Waals surface area contributed by atoms with E-state index in [9.17, 15) is 4.79 Å². The average Bonchev–Trinajstić information content (AvgIpc) is 3.30. The normalized spacial score (nSPS) is 15.5. The van der Waals surface area contributed by atoms with Crippen molar-refractivity contribution >= 4 is 28.5 Å². The molecule has 1 N–H and O–H groups in total. The molecule has 0 atom stereocenters. The smallest absolute Gasteiger partial charge is 0.317 e. The summed E-state index contributed by atoms with van der Waals surface area (Å²) in [6.07, 6.45) is 0. The van der Waals surface area contributed by atoms with Gasteiger partial charge in [-0.15, -0.1) is 11.3 Å². The number of fused-ring (bicyclic) bond motifs is 1. The van der Waals surface area contributed by atoms with Crippen LogP contribution in [0.3, 0.4) is 0 Å². The number of para-hydroxylation sites is 1. The number of hydrogen-bond donors (Lipinski definition) is 1. The minimum absolute atomic E-state index is 0.0558. The highest BCUT2D eigenvalue weighted by atomic mass is 32.1. The predicted molar refractivity (Wildman–Crippen MR) is 102 cm³/mol. The van der Waals surface area contributed by atoms with E-state index < -0.39 is 0 Å². The lowest BCUT2D eigenvalue weighted by Gasteiger charge is -2.34. The first-order valence-electron chi connectivity index (χ1n) is 8.81. The zero-order chi connectivity index (χ0) is 17.9. The highest BCUT2D eigenvalue weighted by Gasteiger charge is 2.21. The summed E-state index contributed by atoms with van der Waals surface area (Å²) < 4.78 is 5.71. The summed E-state index contributed by atoms with van der Waals surface area (Å²) in [6, 6.07) is 10.0. The van der Waals surface area contributed by atoms with Gasteiger partial charge in [-0.2, -0.15) is 0 Å². The third kappa shape index (κ3) is 3.73. The van der Waals surface area contributed by atoms with Crippen LogP contribution in [0.15, 0.2) is 40.1 Å². The highest BCUT2D eigenvalue weighted by molar-refractivity contribution is 7.09. The molecule has 26 heavy (non-hydrogen) atoms. The van der Waals surface area contributed by atoms with Crippen LogP contribution in [0.1, 0.15) is 16.3 Å². The van der Waals surface area contributed by atoms with E-state index in [0.29, 0.717) is 12.4 Å². The Hall–Kier alpha value is -2.38. The fraction of sp³-hybridized carbons (Fsp3) is 0.368. The van der Waals surface area contributed by atoms with Gasteiger partial charge in [0, 0.05) is 37.6 Å². The summed E-state index contributed by atoms with van der Waals surface area (Å²) in [6.45, 7) is 6.55. The van der Waals surface area contributed by atoms with Gasteiger partial charge in [0.15, 0.2) is 5.58 Å². The molecule has 1 aliphatic heterocycles. The zero-order valence-corrected chi connectivity index (χ0v) is 15.6. The molecule has 1 aromatic carbocycles. The molecular weight excluding hydrogens is 348 g/mol. The molecule has 4 rings (SSSR count). The van der Waals surface area contributed by atoms with E-state index in [0.717, 1.165) is 49.4 Å². The summed E-state index contributed by atoms with van der Waals surface area (Å²) in [5.41, 5.74) is 2.70. The van der Waals surface area contributed by atoms with Gasteiger partial charge < -0.3 is 14.6 Å². The van der Waals surface area contributed by atoms with Gasteiger partial charge >= 0.3 is 6.03 Å². The fourth-order valence-corrected chi connectivity index (χ4v) is 3.95. The Kier molecular flexibility index (Phi) is 4.90. The summed E-state index contributed by atoms with van der Waals surface area (Å²) in [5, 5.41) is 5.03. The van der Waals surface area contributed by atoms with Gasteiger partial charge in [-0.05, 0) is 30.0 Å². The lowest BCUT2D eigenvalue weighted by atomic mass is 10.2. The molecule has 2 aromatic heterocycles. The molecule has 2 amide bonds. The molecular formula is C19H22N4O2S. The monoisotopic (exact) mass is 370 g/mol. The average molecular weight is 370 g/mol. The maximum Gasteiger partial charge on any atom is 0.317 e. The number of nitrogens with zero attached hydrogens (tertiary/aromatic N) is 3. The standard InChI is InChI=1S/C19H22N4O2S/c1-14-4-2-6-16-18(14)21-17(25-16)12-20-19(24)23-9-7-22(8-10-23)13-15-5-3-11-26-15/h2-6,11H,7-10,12-13H2,1H3,(H,20,24). The molecule has 3 aromatic rings. The van der Waals surface area contributed by atoms with Crippen molar-refractivity contribution < 1.29 is 9.21 Å². The molecule has 1 aliphatic rings. The number of nitrogens with one attached hydrogen (secondary N) is 1. The second-order valence-electron chi connectivity index (χ2n) is 6.53. The van der Waals surface area contributed by atoms with Crippen molar-refractivity contribution in [3.05, 3.63) is 52.0 Å². The van der Waals surface area contributed by atoms with E-state index >= 15 is 0 Å². The van der Waals surface area contributed by atoms with Crippen molar-refractivity contribution in [3.63, 3.8) is 0 Å². The van der Waals surface area contributed by atoms with Crippen LogP contribution in [0.2, 0.25) is 0 Å². The Morgan fingerprint density at radius 3 is 2.81 bits per heavy atom. The number of amides is 2. The van der Waals surface area contributed by atoms with Crippen LogP contribution in [0.25, 0.3) is 11.1 Å². The first-order valence-corrected chi connectivity index (χ1v) is 9.69. The van der Waals surface area contributed by atoms with E-state index in [-0.39, 0.29) is 6.03 Å². The number of carbonyl (C=O) groups is 1. The van der Waals surface area contributed by atoms with Crippen molar-refractivity contribution in [2.24, 2.45) is 0 Å². The number of urea groups is 1. The SMILES string of the molecule is Cc1cccc2oc(CNC(=O)N3CCN(Cc4cccs4)CC3)nc12. The fourth-order valence-electron chi connectivity index (χ4n) is 3.20. The molecule has 3 heterocycles. The van der Waals surface area contributed by atoms with Gasteiger partial charge in [0.25, 0.3) is 0 Å². The van der Waals surface area contributed by atoms with Crippen LogP contribution in [-0.4, -0.2) is 47.0 Å². The first-order chi connectivity index (χ1) is 12.7. The third-order valence-corrected chi connectivity index (χ3v) is 5.54. The summed E-state index contributed by atoms with van der Waals surface area (Å²) in [7, 11) is 0. The summed E-state index contributed by atoms with van der Waals surface area (Å²) >= 11 is 1.78. The van der Waals surface area contributed by atoms with Crippen LogP contribution >= 0.6 is 11.3 Å². The number of hydrogen-bond acceptors (Lipinski definition) is 5. The maximum absolute atomic E-state index is 12.4. The van der Waals surface area contributed by atoms with Crippen molar-refractivity contribution in [2.45, 2.75) is 20.0 Å². The Morgan fingerprint density at radius 2 is 2.08 bits per heavy atom. The van der Waals surface area contributed by atoms with Gasteiger partial charge in [-0.25, -0.2) is 9.78 Å². The zero-order valence-electron chi connectivity index (χ0n) is 14.8. The molecule has 0 radical (unpaired) electrons. The maximum atomic E-state index is 12.4. The second-order valence-corrected chi connectivity index (χ2v) is 7.56. The molecule has 136 valence electrons. The Morgan fingerprint density at radius 1 is 1.23 bits per heavy atom. The molecule has 0 bridgehead atoms. The summed E-state index contributed by atoms with van der Waals surface area (Å²) in [4.78, 5) is 22.5. The lowest BCUT2D eigenvalue weighted by molar-refractivity contribution is 0.135. The van der Waals surface area contributed by atoms with E-state index in [2.05, 4.69) is 32.7 Å². The van der Waals surface area contributed by atoms with E-state index in [1.165, 1.54) is 4.88 Å². The quantitative estimate of drug-likeness (QED) is 0.766. The Bertz CT molecular complexity index is 882. The van der Waals surface area contributed by atoms with Crippen molar-refractivity contribution in [1.29, 1.82) is 0 Å². The van der Waals surface area contributed by atoms with E-state index in [1.54, 1.807) is 11.3 Å². The van der Waals surface area contributed by atoms with Crippen LogP contribution in [0.4, 0.5) is 4.79 Å². The molecule has 0 spiro atoms. The second kappa shape index (κ2) is 7.47. The van der Waals surface area contributed by atoms with Crippen LogP contribution in [0.5, 0.6) is 0 Å². The number of carbonyl (C=O) groups excluding carboxylic acids is 1. The van der Waals surface area contributed by atoms with Crippen molar-refractivity contribution in [2.75, 3.05) is 26.2 Å².